The fraction of sp³-hybridized carbons (Fsp3) is 1.00. The molecule has 0 aliphatic carbocycles. The summed E-state index contributed by atoms with van der Waals surface area (Å²) in [6.45, 7) is 8.80. The van der Waals surface area contributed by atoms with Gasteiger partial charge in [0.1, 0.15) is 0 Å². The van der Waals surface area contributed by atoms with Gasteiger partial charge in [-0.25, -0.2) is 0 Å². The van der Waals surface area contributed by atoms with E-state index in [2.05, 4.69) is 26.1 Å². The van der Waals surface area contributed by atoms with Gasteiger partial charge in [-0.2, -0.15) is 11.8 Å². The normalized spacial score (nSPS) is 25.3. The summed E-state index contributed by atoms with van der Waals surface area (Å²) in [5.74, 6) is 3.14. The van der Waals surface area contributed by atoms with E-state index in [9.17, 15) is 0 Å². The summed E-state index contributed by atoms with van der Waals surface area (Å²) >= 11 is 2.03. The standard InChI is InChI=1S/C13H27NOS/c1-4-6-11(3)9-12(14-5-2)13-10-16-8-7-15-13/h11-14H,4-10H2,1-3H3. The molecule has 0 radical (unpaired) electrons. The second kappa shape index (κ2) is 8.37. The van der Waals surface area contributed by atoms with Crippen LogP contribution in [-0.2, 0) is 4.74 Å². The summed E-state index contributed by atoms with van der Waals surface area (Å²) in [4.78, 5) is 0. The fourth-order valence-corrected chi connectivity index (χ4v) is 3.35. The van der Waals surface area contributed by atoms with Gasteiger partial charge in [-0.15, -0.1) is 0 Å². The van der Waals surface area contributed by atoms with Crippen molar-refractivity contribution in [3.8, 4) is 0 Å². The Balaban J connectivity index is 2.38. The van der Waals surface area contributed by atoms with Crippen LogP contribution in [0.4, 0.5) is 0 Å². The van der Waals surface area contributed by atoms with Gasteiger partial charge in [0, 0.05) is 17.5 Å². The molecule has 1 fully saturated rings. The summed E-state index contributed by atoms with van der Waals surface area (Å²) in [5.41, 5.74) is 0. The molecule has 1 rings (SSSR count). The molecule has 0 aromatic carbocycles. The highest BCUT2D eigenvalue weighted by atomic mass is 32.2. The Morgan fingerprint density at radius 1 is 1.44 bits per heavy atom. The third-order valence-corrected chi connectivity index (χ3v) is 4.21. The first-order valence-electron chi connectivity index (χ1n) is 6.70. The highest BCUT2D eigenvalue weighted by Crippen LogP contribution is 2.21. The van der Waals surface area contributed by atoms with Gasteiger partial charge >= 0.3 is 0 Å². The molecule has 1 aliphatic rings. The molecule has 16 heavy (non-hydrogen) atoms. The Kier molecular flexibility index (Phi) is 7.50. The highest BCUT2D eigenvalue weighted by molar-refractivity contribution is 7.99. The van der Waals surface area contributed by atoms with E-state index in [-0.39, 0.29) is 0 Å². The fourth-order valence-electron chi connectivity index (χ4n) is 2.41. The minimum atomic E-state index is 0.429. The molecular weight excluding hydrogens is 218 g/mol. The van der Waals surface area contributed by atoms with Crippen molar-refractivity contribution in [1.29, 1.82) is 0 Å². The number of likely N-dealkylation sites (N-methyl/N-ethyl adjacent to an activating group) is 1. The van der Waals surface area contributed by atoms with Crippen molar-refractivity contribution < 1.29 is 4.74 Å². The topological polar surface area (TPSA) is 21.3 Å². The third kappa shape index (κ3) is 5.07. The Bertz CT molecular complexity index is 171. The van der Waals surface area contributed by atoms with Crippen molar-refractivity contribution >= 4 is 11.8 Å². The summed E-state index contributed by atoms with van der Waals surface area (Å²) in [6.07, 6.45) is 4.31. The van der Waals surface area contributed by atoms with E-state index in [1.54, 1.807) is 0 Å². The van der Waals surface area contributed by atoms with Gasteiger partial charge in [-0.05, 0) is 18.9 Å². The van der Waals surface area contributed by atoms with Crippen molar-refractivity contribution in [3.05, 3.63) is 0 Å². The van der Waals surface area contributed by atoms with Crippen molar-refractivity contribution in [2.45, 2.75) is 52.2 Å². The van der Waals surface area contributed by atoms with Gasteiger partial charge in [0.15, 0.2) is 0 Å². The molecule has 0 bridgehead atoms. The zero-order valence-corrected chi connectivity index (χ0v) is 11.8. The number of rotatable bonds is 7. The Hall–Kier alpha value is 0.270. The van der Waals surface area contributed by atoms with E-state index in [1.807, 2.05) is 11.8 Å². The van der Waals surface area contributed by atoms with Crippen LogP contribution in [-0.4, -0.2) is 36.8 Å². The van der Waals surface area contributed by atoms with E-state index in [4.69, 9.17) is 4.74 Å². The lowest BCUT2D eigenvalue weighted by molar-refractivity contribution is 0.0409. The average Bonchev–Trinajstić information content (AvgIpc) is 2.30. The van der Waals surface area contributed by atoms with Crippen molar-refractivity contribution in [3.63, 3.8) is 0 Å². The monoisotopic (exact) mass is 245 g/mol. The Labute approximate surface area is 105 Å². The molecule has 1 saturated heterocycles. The predicted octanol–water partition coefficient (Wildman–Crippen LogP) is 2.92. The maximum Gasteiger partial charge on any atom is 0.0818 e. The van der Waals surface area contributed by atoms with E-state index in [0.29, 0.717) is 12.1 Å². The molecule has 3 heteroatoms. The van der Waals surface area contributed by atoms with Crippen LogP contribution in [0.1, 0.15) is 40.0 Å². The SMILES string of the molecule is CCCC(C)CC(NCC)C1CSCCO1. The van der Waals surface area contributed by atoms with E-state index >= 15 is 0 Å². The molecule has 0 aromatic heterocycles. The second-order valence-electron chi connectivity index (χ2n) is 4.78. The van der Waals surface area contributed by atoms with Crippen molar-refractivity contribution in [2.75, 3.05) is 24.7 Å². The minimum absolute atomic E-state index is 0.429. The van der Waals surface area contributed by atoms with Crippen LogP contribution in [0, 0.1) is 5.92 Å². The van der Waals surface area contributed by atoms with Crippen LogP contribution in [0.5, 0.6) is 0 Å². The summed E-state index contributed by atoms with van der Waals surface area (Å²) in [6, 6.07) is 0.555. The van der Waals surface area contributed by atoms with Crippen LogP contribution < -0.4 is 5.32 Å². The smallest absolute Gasteiger partial charge is 0.0818 e. The van der Waals surface area contributed by atoms with Crippen LogP contribution in [0.3, 0.4) is 0 Å². The van der Waals surface area contributed by atoms with Crippen LogP contribution in [0.2, 0.25) is 0 Å². The number of nitrogens with one attached hydrogen (secondary N) is 1. The maximum atomic E-state index is 5.89. The first-order valence-corrected chi connectivity index (χ1v) is 7.86. The van der Waals surface area contributed by atoms with Gasteiger partial charge in [-0.1, -0.05) is 33.6 Å². The molecule has 3 atom stereocenters. The highest BCUT2D eigenvalue weighted by Gasteiger charge is 2.25. The molecule has 0 saturated carbocycles. The van der Waals surface area contributed by atoms with Crippen LogP contribution in [0.15, 0.2) is 0 Å². The molecule has 0 aromatic rings. The predicted molar refractivity (Wildman–Crippen MR) is 73.2 cm³/mol. The van der Waals surface area contributed by atoms with Crippen LogP contribution in [0.25, 0.3) is 0 Å². The molecule has 2 nitrogen and oxygen atoms in total. The lowest BCUT2D eigenvalue weighted by Gasteiger charge is -2.32. The van der Waals surface area contributed by atoms with Gasteiger partial charge in [0.05, 0.1) is 12.7 Å². The molecular formula is C13H27NOS. The molecule has 1 heterocycles. The molecule has 1 aliphatic heterocycles. The minimum Gasteiger partial charge on any atom is -0.375 e. The molecule has 96 valence electrons. The quantitative estimate of drug-likeness (QED) is 0.745. The van der Waals surface area contributed by atoms with E-state index in [0.717, 1.165) is 24.8 Å². The number of hydrogen-bond acceptors (Lipinski definition) is 3. The average molecular weight is 245 g/mol. The van der Waals surface area contributed by atoms with E-state index in [1.165, 1.54) is 25.0 Å². The molecule has 3 unspecified atom stereocenters. The third-order valence-electron chi connectivity index (χ3n) is 3.19. The van der Waals surface area contributed by atoms with Gasteiger partial charge in [0.2, 0.25) is 0 Å². The number of thioether (sulfide) groups is 1. The second-order valence-corrected chi connectivity index (χ2v) is 5.93. The van der Waals surface area contributed by atoms with Gasteiger partial charge in [-0.3, -0.25) is 0 Å². The molecule has 1 N–H and O–H groups in total. The zero-order chi connectivity index (χ0) is 11.8. The Morgan fingerprint density at radius 2 is 2.25 bits per heavy atom. The summed E-state index contributed by atoms with van der Waals surface area (Å²) < 4.78 is 5.89. The Morgan fingerprint density at radius 3 is 2.81 bits per heavy atom. The largest absolute Gasteiger partial charge is 0.375 e. The summed E-state index contributed by atoms with van der Waals surface area (Å²) in [7, 11) is 0. The lowest BCUT2D eigenvalue weighted by atomic mass is 9.94. The molecule has 0 amide bonds. The first kappa shape index (κ1) is 14.3. The first-order chi connectivity index (χ1) is 7.77. The number of hydrogen-bond donors (Lipinski definition) is 1. The summed E-state index contributed by atoms with van der Waals surface area (Å²) in [5, 5.41) is 3.60. The number of ether oxygens (including phenoxy) is 1. The van der Waals surface area contributed by atoms with Crippen molar-refractivity contribution in [1.82, 2.24) is 5.32 Å². The van der Waals surface area contributed by atoms with Gasteiger partial charge < -0.3 is 10.1 Å². The van der Waals surface area contributed by atoms with Gasteiger partial charge in [0.25, 0.3) is 0 Å². The van der Waals surface area contributed by atoms with Crippen molar-refractivity contribution in [2.24, 2.45) is 5.92 Å². The zero-order valence-electron chi connectivity index (χ0n) is 11.0. The maximum absolute atomic E-state index is 5.89. The van der Waals surface area contributed by atoms with Crippen LogP contribution >= 0.6 is 11.8 Å². The van der Waals surface area contributed by atoms with E-state index < -0.39 is 0 Å². The molecule has 0 spiro atoms. The lowest BCUT2D eigenvalue weighted by Crippen LogP contribution is -2.45.